The molecule has 3 rings (SSSR count). The van der Waals surface area contributed by atoms with Gasteiger partial charge < -0.3 is 36.3 Å². The molecule has 0 spiro atoms. The van der Waals surface area contributed by atoms with Gasteiger partial charge in [0.05, 0.1) is 13.2 Å². The maximum Gasteiger partial charge on any atom is 0.513 e. The van der Waals surface area contributed by atoms with Gasteiger partial charge in [-0.2, -0.15) is 0 Å². The molecule has 1 aromatic carbocycles. The fourth-order valence-electron chi connectivity index (χ4n) is 4.93. The highest BCUT2D eigenvalue weighted by Crippen LogP contribution is 2.54. The summed E-state index contributed by atoms with van der Waals surface area (Å²) in [5, 5.41) is 0. The van der Waals surface area contributed by atoms with Crippen LogP contribution in [0.4, 0.5) is 4.79 Å². The molecule has 1 aliphatic heterocycles. The number of phosphoric acid groups is 1. The predicted octanol–water partition coefficient (Wildman–Crippen LogP) is 6.37. The first-order valence-corrected chi connectivity index (χ1v) is 13.6. The number of rotatable bonds is 10. The SMILES string of the molecule is CCCCCc1cc(OC(=O)OCCCOP(=O)(O)O)c2c(c1)OC(C)(C)[C@@H]1CC=C(C)C[C@@H]21.N.N. The monoisotopic (exact) mass is 530 g/mol. The van der Waals surface area contributed by atoms with Crippen LogP contribution in [0.3, 0.4) is 0 Å². The lowest BCUT2D eigenvalue weighted by Gasteiger charge is -2.47. The zero-order valence-electron chi connectivity index (χ0n) is 22.0. The fraction of sp³-hybridized carbons (Fsp3) is 0.640. The van der Waals surface area contributed by atoms with Gasteiger partial charge in [0.25, 0.3) is 0 Å². The van der Waals surface area contributed by atoms with E-state index in [2.05, 4.69) is 44.4 Å². The molecule has 2 atom stereocenters. The predicted molar refractivity (Wildman–Crippen MR) is 138 cm³/mol. The summed E-state index contributed by atoms with van der Waals surface area (Å²) < 4.78 is 32.4. The van der Waals surface area contributed by atoms with Crippen molar-refractivity contribution in [3.63, 3.8) is 0 Å². The Bertz CT molecular complexity index is 960. The fourth-order valence-corrected chi connectivity index (χ4v) is 5.29. The van der Waals surface area contributed by atoms with Gasteiger partial charge in [-0.25, -0.2) is 9.36 Å². The Morgan fingerprint density at radius 3 is 2.56 bits per heavy atom. The van der Waals surface area contributed by atoms with E-state index in [0.717, 1.165) is 55.4 Å². The summed E-state index contributed by atoms with van der Waals surface area (Å²) in [6.07, 6.45) is 7.48. The molecule has 10 nitrogen and oxygen atoms in total. The first kappa shape index (κ1) is 32.1. The van der Waals surface area contributed by atoms with Crippen LogP contribution in [0.2, 0.25) is 0 Å². The van der Waals surface area contributed by atoms with Crippen LogP contribution < -0.4 is 21.8 Å². The molecule has 8 N–H and O–H groups in total. The van der Waals surface area contributed by atoms with Crippen molar-refractivity contribution in [1.82, 2.24) is 12.3 Å². The van der Waals surface area contributed by atoms with Crippen LogP contribution in [0.5, 0.6) is 11.5 Å². The van der Waals surface area contributed by atoms with Gasteiger partial charge in [0.15, 0.2) is 0 Å². The van der Waals surface area contributed by atoms with Gasteiger partial charge in [0.2, 0.25) is 0 Å². The van der Waals surface area contributed by atoms with Crippen LogP contribution in [0.25, 0.3) is 0 Å². The van der Waals surface area contributed by atoms with Gasteiger partial charge in [-0.1, -0.05) is 31.4 Å². The summed E-state index contributed by atoms with van der Waals surface area (Å²) in [6.45, 7) is 8.24. The summed E-state index contributed by atoms with van der Waals surface area (Å²) in [6, 6.07) is 4.02. The molecule has 0 saturated heterocycles. The summed E-state index contributed by atoms with van der Waals surface area (Å²) >= 11 is 0. The Balaban J connectivity index is 0.00000324. The van der Waals surface area contributed by atoms with Crippen molar-refractivity contribution >= 4 is 14.0 Å². The minimum atomic E-state index is -4.54. The molecule has 0 unspecified atom stereocenters. The Morgan fingerprint density at radius 2 is 1.89 bits per heavy atom. The number of hydrogen-bond donors (Lipinski definition) is 4. The van der Waals surface area contributed by atoms with E-state index >= 15 is 0 Å². The van der Waals surface area contributed by atoms with E-state index in [4.69, 9.17) is 24.0 Å². The molecular weight excluding hydrogens is 487 g/mol. The van der Waals surface area contributed by atoms with Crippen LogP contribution in [0.1, 0.15) is 83.3 Å². The van der Waals surface area contributed by atoms with Crippen molar-refractivity contribution in [3.05, 3.63) is 34.9 Å². The summed E-state index contributed by atoms with van der Waals surface area (Å²) in [4.78, 5) is 29.9. The largest absolute Gasteiger partial charge is 0.513 e. The molecule has 0 bridgehead atoms. The maximum absolute atomic E-state index is 12.5. The molecule has 0 saturated carbocycles. The number of carbonyl (C=O) groups excluding carboxylic acids is 1. The second-order valence-electron chi connectivity index (χ2n) is 9.75. The van der Waals surface area contributed by atoms with Crippen molar-refractivity contribution in [3.8, 4) is 11.5 Å². The van der Waals surface area contributed by atoms with Crippen molar-refractivity contribution in [2.24, 2.45) is 5.92 Å². The van der Waals surface area contributed by atoms with Crippen molar-refractivity contribution in [2.75, 3.05) is 13.2 Å². The standard InChI is InChI=1S/C25H37O8P.2H3N/c1-5-6-7-9-18-15-21(32-24(26)30-12-8-13-31-34(27,28)29)23-19-14-17(2)10-11-20(19)25(3,4)33-22(23)16-18;;/h10,15-16,19-20H,5-9,11-14H2,1-4H3,(H2,27,28,29);2*1H3/t19-,20-;;/m1../s1. The van der Waals surface area contributed by atoms with E-state index in [9.17, 15) is 9.36 Å². The molecule has 11 heteroatoms. The molecular formula is C25H43N2O8P. The molecule has 1 aliphatic carbocycles. The smallest absolute Gasteiger partial charge is 0.487 e. The number of ether oxygens (including phenoxy) is 3. The summed E-state index contributed by atoms with van der Waals surface area (Å²) in [5.41, 5.74) is 2.95. The van der Waals surface area contributed by atoms with E-state index in [1.165, 1.54) is 5.57 Å². The number of fused-ring (bicyclic) bond motifs is 3. The molecule has 2 aliphatic rings. The number of hydrogen-bond acceptors (Lipinski definition) is 8. The molecule has 0 fully saturated rings. The first-order chi connectivity index (χ1) is 16.0. The number of unbranched alkanes of at least 4 members (excludes halogenated alkanes) is 2. The van der Waals surface area contributed by atoms with Crippen molar-refractivity contribution < 1.29 is 37.9 Å². The topological polar surface area (TPSA) is 182 Å². The summed E-state index contributed by atoms with van der Waals surface area (Å²) in [5.74, 6) is 1.68. The van der Waals surface area contributed by atoms with Gasteiger partial charge in [-0.15, -0.1) is 0 Å². The average Bonchev–Trinajstić information content (AvgIpc) is 2.72. The van der Waals surface area contributed by atoms with Crippen LogP contribution >= 0.6 is 7.82 Å². The third-order valence-electron chi connectivity index (χ3n) is 6.58. The highest BCUT2D eigenvalue weighted by atomic mass is 31.2. The van der Waals surface area contributed by atoms with E-state index in [1.807, 2.05) is 6.07 Å². The Labute approximate surface area is 214 Å². The highest BCUT2D eigenvalue weighted by Gasteiger charge is 2.46. The number of benzene rings is 1. The van der Waals surface area contributed by atoms with Gasteiger partial charge in [0, 0.05) is 23.8 Å². The van der Waals surface area contributed by atoms with E-state index in [1.54, 1.807) is 0 Å². The van der Waals surface area contributed by atoms with Crippen LogP contribution in [0.15, 0.2) is 23.8 Å². The first-order valence-electron chi connectivity index (χ1n) is 12.1. The molecule has 1 aromatic rings. The van der Waals surface area contributed by atoms with E-state index in [0.29, 0.717) is 5.75 Å². The molecule has 0 aromatic heterocycles. The van der Waals surface area contributed by atoms with Gasteiger partial charge in [-0.05, 0) is 64.2 Å². The van der Waals surface area contributed by atoms with E-state index in [-0.39, 0.29) is 49.4 Å². The summed E-state index contributed by atoms with van der Waals surface area (Å²) in [7, 11) is -4.54. The van der Waals surface area contributed by atoms with Gasteiger partial charge in [0.1, 0.15) is 17.1 Å². The number of aryl methyl sites for hydroxylation is 1. The zero-order valence-corrected chi connectivity index (χ0v) is 22.9. The van der Waals surface area contributed by atoms with Crippen molar-refractivity contribution in [1.29, 1.82) is 0 Å². The third-order valence-corrected chi connectivity index (χ3v) is 7.10. The van der Waals surface area contributed by atoms with E-state index < -0.39 is 14.0 Å². The normalized spacial score (nSPS) is 19.9. The quantitative estimate of drug-likeness (QED) is 0.0872. The second kappa shape index (κ2) is 13.6. The lowest BCUT2D eigenvalue weighted by molar-refractivity contribution is 0.00720. The zero-order chi connectivity index (χ0) is 24.9. The third kappa shape index (κ3) is 8.57. The molecule has 206 valence electrons. The Kier molecular flexibility index (Phi) is 12.1. The highest BCUT2D eigenvalue weighted by molar-refractivity contribution is 7.46. The van der Waals surface area contributed by atoms with Crippen LogP contribution in [-0.2, 0) is 20.2 Å². The molecule has 1 heterocycles. The Morgan fingerprint density at radius 1 is 1.17 bits per heavy atom. The minimum Gasteiger partial charge on any atom is -0.487 e. The van der Waals surface area contributed by atoms with Gasteiger partial charge in [-0.3, -0.25) is 4.52 Å². The Hall–Kier alpha value is -1.94. The average molecular weight is 531 g/mol. The van der Waals surface area contributed by atoms with Crippen LogP contribution in [0, 0.1) is 5.92 Å². The van der Waals surface area contributed by atoms with Crippen molar-refractivity contribution in [2.45, 2.75) is 84.2 Å². The lowest BCUT2D eigenvalue weighted by atomic mass is 9.67. The molecule has 36 heavy (non-hydrogen) atoms. The van der Waals surface area contributed by atoms with Crippen LogP contribution in [-0.4, -0.2) is 34.8 Å². The van der Waals surface area contributed by atoms with Gasteiger partial charge >= 0.3 is 14.0 Å². The second-order valence-corrected chi connectivity index (χ2v) is 11.0. The number of phosphoric ester groups is 1. The lowest BCUT2D eigenvalue weighted by Crippen LogP contribution is -2.45. The number of carbonyl (C=O) groups is 1. The molecule has 0 amide bonds. The number of allylic oxidation sites excluding steroid dienone is 2. The maximum atomic E-state index is 12.5. The minimum absolute atomic E-state index is 0. The molecule has 0 radical (unpaired) electrons.